The van der Waals surface area contributed by atoms with Gasteiger partial charge in [0.05, 0.1) is 6.20 Å². The van der Waals surface area contributed by atoms with Crippen molar-refractivity contribution in [1.29, 1.82) is 0 Å². The number of hydrogen-bond acceptors (Lipinski definition) is 3. The number of hydrogen-bond donors (Lipinski definition) is 1. The summed E-state index contributed by atoms with van der Waals surface area (Å²) in [4.78, 5) is 23.4. The van der Waals surface area contributed by atoms with Crippen LogP contribution < -0.4 is 11.1 Å². The van der Waals surface area contributed by atoms with Crippen molar-refractivity contribution in [2.75, 3.05) is 0 Å². The molecule has 5 nitrogen and oxygen atoms in total. The van der Waals surface area contributed by atoms with Gasteiger partial charge < -0.3 is 9.73 Å². The fourth-order valence-corrected chi connectivity index (χ4v) is 1.86. The second kappa shape index (κ2) is 5.77. The van der Waals surface area contributed by atoms with Crippen LogP contribution in [0, 0.1) is 6.92 Å². The van der Waals surface area contributed by atoms with Gasteiger partial charge in [-0.15, -0.1) is 0 Å². The second-order valence-electron chi connectivity index (χ2n) is 5.08. The molecule has 0 aliphatic carbocycles. The van der Waals surface area contributed by atoms with E-state index in [0.717, 1.165) is 11.1 Å². The molecule has 0 spiro atoms. The first-order valence-corrected chi connectivity index (χ1v) is 6.52. The Hall–Kier alpha value is -2.30. The summed E-state index contributed by atoms with van der Waals surface area (Å²) in [5.41, 5.74) is 1.95. The first-order valence-electron chi connectivity index (χ1n) is 6.52. The highest BCUT2D eigenvalue weighted by Gasteiger charge is 2.11. The van der Waals surface area contributed by atoms with E-state index in [-0.39, 0.29) is 18.5 Å². The summed E-state index contributed by atoms with van der Waals surface area (Å²) in [6.07, 6.45) is 1.56. The fraction of sp³-hybridized carbons (Fsp3) is 0.333. The zero-order valence-corrected chi connectivity index (χ0v) is 11.8. The SMILES string of the molecule is Cc1ccc(-c2cn(CC(=O)NC(C)C)c(=O)o2)cc1. The van der Waals surface area contributed by atoms with Crippen LogP contribution in [0.2, 0.25) is 0 Å². The van der Waals surface area contributed by atoms with Crippen LogP contribution in [0.25, 0.3) is 11.3 Å². The molecule has 2 aromatic rings. The first-order chi connectivity index (χ1) is 9.45. The number of nitrogens with one attached hydrogen (secondary N) is 1. The third-order valence-electron chi connectivity index (χ3n) is 2.80. The van der Waals surface area contributed by atoms with Crippen LogP contribution in [0.5, 0.6) is 0 Å². The lowest BCUT2D eigenvalue weighted by Crippen LogP contribution is -2.34. The van der Waals surface area contributed by atoms with Gasteiger partial charge in [0, 0.05) is 11.6 Å². The first kappa shape index (κ1) is 14.1. The Morgan fingerprint density at radius 2 is 1.95 bits per heavy atom. The van der Waals surface area contributed by atoms with Gasteiger partial charge in [0.25, 0.3) is 0 Å². The normalized spacial score (nSPS) is 10.8. The smallest absolute Gasteiger partial charge is 0.408 e. The topological polar surface area (TPSA) is 64.2 Å². The average Bonchev–Trinajstić information content (AvgIpc) is 2.70. The quantitative estimate of drug-likeness (QED) is 0.926. The summed E-state index contributed by atoms with van der Waals surface area (Å²) in [7, 11) is 0. The van der Waals surface area contributed by atoms with Gasteiger partial charge in [0.15, 0.2) is 5.76 Å². The maximum atomic E-state index is 11.7. The third kappa shape index (κ3) is 3.38. The summed E-state index contributed by atoms with van der Waals surface area (Å²) in [6, 6.07) is 7.69. The van der Waals surface area contributed by atoms with Crippen LogP contribution in [0.1, 0.15) is 19.4 Å². The number of aromatic nitrogens is 1. The Morgan fingerprint density at radius 1 is 1.30 bits per heavy atom. The molecule has 0 saturated heterocycles. The van der Waals surface area contributed by atoms with Crippen molar-refractivity contribution >= 4 is 5.91 Å². The van der Waals surface area contributed by atoms with Crippen LogP contribution in [0.4, 0.5) is 0 Å². The third-order valence-corrected chi connectivity index (χ3v) is 2.80. The molecule has 0 radical (unpaired) electrons. The van der Waals surface area contributed by atoms with Crippen molar-refractivity contribution in [3.8, 4) is 11.3 Å². The molecule has 1 aromatic carbocycles. The van der Waals surface area contributed by atoms with E-state index in [0.29, 0.717) is 5.76 Å². The van der Waals surface area contributed by atoms with Crippen LogP contribution in [0.15, 0.2) is 39.7 Å². The zero-order valence-electron chi connectivity index (χ0n) is 11.8. The summed E-state index contributed by atoms with van der Waals surface area (Å²) >= 11 is 0. The van der Waals surface area contributed by atoms with Crippen molar-refractivity contribution in [1.82, 2.24) is 9.88 Å². The second-order valence-corrected chi connectivity index (χ2v) is 5.08. The Balaban J connectivity index is 2.19. The van der Waals surface area contributed by atoms with Gasteiger partial charge in [-0.1, -0.05) is 29.8 Å². The van der Waals surface area contributed by atoms with E-state index >= 15 is 0 Å². The van der Waals surface area contributed by atoms with Gasteiger partial charge in [0.1, 0.15) is 6.54 Å². The van der Waals surface area contributed by atoms with Crippen LogP contribution >= 0.6 is 0 Å². The molecule has 1 heterocycles. The number of amides is 1. The van der Waals surface area contributed by atoms with Crippen molar-refractivity contribution in [3.05, 3.63) is 46.6 Å². The van der Waals surface area contributed by atoms with Gasteiger partial charge in [0.2, 0.25) is 5.91 Å². The lowest BCUT2D eigenvalue weighted by molar-refractivity contribution is -0.122. The standard InChI is InChI=1S/C15H18N2O3/c1-10(2)16-14(18)9-17-8-13(20-15(17)19)12-6-4-11(3)5-7-12/h4-8,10H,9H2,1-3H3,(H,16,18). The summed E-state index contributed by atoms with van der Waals surface area (Å²) in [5.74, 6) is -0.273. The largest absolute Gasteiger partial charge is 0.419 e. The monoisotopic (exact) mass is 274 g/mol. The Bertz CT molecular complexity index is 651. The fourth-order valence-electron chi connectivity index (χ4n) is 1.86. The minimum Gasteiger partial charge on any atom is -0.408 e. The number of rotatable bonds is 4. The number of nitrogens with zero attached hydrogens (tertiary/aromatic N) is 1. The average molecular weight is 274 g/mol. The number of aryl methyl sites for hydroxylation is 1. The molecule has 0 atom stereocenters. The van der Waals surface area contributed by atoms with Crippen molar-refractivity contribution in [2.45, 2.75) is 33.4 Å². The van der Waals surface area contributed by atoms with Gasteiger partial charge in [-0.3, -0.25) is 9.36 Å². The number of benzene rings is 1. The van der Waals surface area contributed by atoms with Gasteiger partial charge in [-0.2, -0.15) is 0 Å². The Morgan fingerprint density at radius 3 is 2.55 bits per heavy atom. The summed E-state index contributed by atoms with van der Waals surface area (Å²) in [5, 5.41) is 2.73. The zero-order chi connectivity index (χ0) is 14.7. The highest BCUT2D eigenvalue weighted by Crippen LogP contribution is 2.18. The van der Waals surface area contributed by atoms with Crippen LogP contribution in [-0.2, 0) is 11.3 Å². The Kier molecular flexibility index (Phi) is 4.08. The molecule has 1 N–H and O–H groups in total. The molecule has 0 aliphatic heterocycles. The number of carbonyl (C=O) groups excluding carboxylic acids is 1. The minimum absolute atomic E-state index is 0.0353. The van der Waals surface area contributed by atoms with Crippen molar-refractivity contribution in [3.63, 3.8) is 0 Å². The van der Waals surface area contributed by atoms with Crippen LogP contribution in [0.3, 0.4) is 0 Å². The molecule has 20 heavy (non-hydrogen) atoms. The van der Waals surface area contributed by atoms with Gasteiger partial charge >= 0.3 is 5.76 Å². The molecule has 106 valence electrons. The van der Waals surface area contributed by atoms with Crippen molar-refractivity contribution < 1.29 is 9.21 Å². The lowest BCUT2D eigenvalue weighted by atomic mass is 10.1. The van der Waals surface area contributed by atoms with E-state index in [4.69, 9.17) is 4.42 Å². The van der Waals surface area contributed by atoms with E-state index in [9.17, 15) is 9.59 Å². The van der Waals surface area contributed by atoms with Crippen molar-refractivity contribution in [2.24, 2.45) is 0 Å². The predicted octanol–water partition coefficient (Wildman–Crippen LogP) is 1.94. The highest BCUT2D eigenvalue weighted by atomic mass is 16.4. The highest BCUT2D eigenvalue weighted by molar-refractivity contribution is 5.76. The summed E-state index contributed by atoms with van der Waals surface area (Å²) < 4.78 is 6.44. The molecule has 5 heteroatoms. The number of carbonyl (C=O) groups is 1. The van der Waals surface area contributed by atoms with E-state index in [1.54, 1.807) is 6.20 Å². The molecule has 0 fully saturated rings. The molecule has 1 amide bonds. The van der Waals surface area contributed by atoms with Crippen LogP contribution in [-0.4, -0.2) is 16.5 Å². The Labute approximate surface area is 117 Å². The molecule has 1 aromatic heterocycles. The molecule has 0 bridgehead atoms. The van der Waals surface area contributed by atoms with E-state index in [1.807, 2.05) is 45.0 Å². The molecule has 0 unspecified atom stereocenters. The van der Waals surface area contributed by atoms with E-state index < -0.39 is 5.76 Å². The summed E-state index contributed by atoms with van der Waals surface area (Å²) in [6.45, 7) is 5.69. The maximum absolute atomic E-state index is 11.7. The maximum Gasteiger partial charge on any atom is 0.419 e. The number of oxazole rings is 1. The molecule has 0 saturated carbocycles. The molecule has 2 rings (SSSR count). The van der Waals surface area contributed by atoms with E-state index in [1.165, 1.54) is 4.57 Å². The molecular weight excluding hydrogens is 256 g/mol. The lowest BCUT2D eigenvalue weighted by Gasteiger charge is -2.07. The molecule has 0 aliphatic rings. The van der Waals surface area contributed by atoms with Gasteiger partial charge in [-0.05, 0) is 20.8 Å². The minimum atomic E-state index is -0.528. The van der Waals surface area contributed by atoms with Gasteiger partial charge in [-0.25, -0.2) is 4.79 Å². The molecular formula is C15H18N2O3. The predicted molar refractivity (Wildman–Crippen MR) is 76.4 cm³/mol. The van der Waals surface area contributed by atoms with E-state index in [2.05, 4.69) is 5.32 Å².